The maximum atomic E-state index is 12.4. The van der Waals surface area contributed by atoms with E-state index in [0.717, 1.165) is 69.2 Å². The van der Waals surface area contributed by atoms with Crippen molar-refractivity contribution in [2.75, 3.05) is 26.2 Å². The zero-order chi connectivity index (χ0) is 20.6. The van der Waals surface area contributed by atoms with E-state index < -0.39 is 5.97 Å². The van der Waals surface area contributed by atoms with E-state index in [2.05, 4.69) is 9.88 Å². The molecule has 1 fully saturated rings. The van der Waals surface area contributed by atoms with E-state index in [9.17, 15) is 14.4 Å². The van der Waals surface area contributed by atoms with Crippen LogP contribution >= 0.6 is 0 Å². The van der Waals surface area contributed by atoms with E-state index in [1.54, 1.807) is 0 Å². The highest BCUT2D eigenvalue weighted by atomic mass is 16.5. The number of aromatic nitrogens is 2. The number of nitrogens with zero attached hydrogens (tertiary/aromatic N) is 2. The molecule has 7 heteroatoms. The van der Waals surface area contributed by atoms with Crippen molar-refractivity contribution in [1.82, 2.24) is 14.5 Å². The number of rotatable bonds is 10. The van der Waals surface area contributed by atoms with E-state index in [1.165, 1.54) is 6.92 Å². The van der Waals surface area contributed by atoms with Gasteiger partial charge in [0, 0.05) is 19.1 Å². The molecule has 0 spiro atoms. The molecule has 0 bridgehead atoms. The van der Waals surface area contributed by atoms with Crippen molar-refractivity contribution in [3.63, 3.8) is 0 Å². The normalized spacial score (nSPS) is 15.6. The van der Waals surface area contributed by atoms with Gasteiger partial charge in [0.1, 0.15) is 12.2 Å². The summed E-state index contributed by atoms with van der Waals surface area (Å²) in [4.78, 5) is 39.9. The van der Waals surface area contributed by atoms with E-state index in [1.807, 2.05) is 28.8 Å². The molecule has 3 rings (SSSR count). The first kappa shape index (κ1) is 21.3. The van der Waals surface area contributed by atoms with E-state index >= 15 is 0 Å². The average Bonchev–Trinajstić information content (AvgIpc) is 3.03. The Labute approximate surface area is 171 Å². The van der Waals surface area contributed by atoms with Gasteiger partial charge in [-0.25, -0.2) is 4.79 Å². The number of piperidine rings is 1. The van der Waals surface area contributed by atoms with Gasteiger partial charge in [-0.2, -0.15) is 0 Å². The highest BCUT2D eigenvalue weighted by molar-refractivity contribution is 5.94. The Morgan fingerprint density at radius 3 is 2.59 bits per heavy atom. The van der Waals surface area contributed by atoms with Crippen molar-refractivity contribution >= 4 is 22.8 Å². The van der Waals surface area contributed by atoms with Crippen LogP contribution in [0.4, 0.5) is 0 Å². The summed E-state index contributed by atoms with van der Waals surface area (Å²) in [6, 6.07) is 8.15. The predicted molar refractivity (Wildman–Crippen MR) is 112 cm³/mol. The zero-order valence-electron chi connectivity index (χ0n) is 17.2. The summed E-state index contributed by atoms with van der Waals surface area (Å²) in [6.45, 7) is 4.89. The quantitative estimate of drug-likeness (QED) is 0.376. The van der Waals surface area contributed by atoms with Crippen LogP contribution in [-0.4, -0.2) is 52.4 Å². The number of carbonyl (C=O) groups excluding carboxylic acids is 2. The average molecular weight is 402 g/mol. The van der Waals surface area contributed by atoms with E-state index in [0.29, 0.717) is 6.61 Å². The van der Waals surface area contributed by atoms with Crippen LogP contribution in [0.3, 0.4) is 0 Å². The van der Waals surface area contributed by atoms with Crippen molar-refractivity contribution < 1.29 is 14.3 Å². The van der Waals surface area contributed by atoms with Gasteiger partial charge in [-0.3, -0.25) is 14.2 Å². The minimum absolute atomic E-state index is 0.00588. The van der Waals surface area contributed by atoms with Gasteiger partial charge in [-0.1, -0.05) is 25.0 Å². The highest BCUT2D eigenvalue weighted by Gasteiger charge is 2.23. The lowest BCUT2D eigenvalue weighted by atomic mass is 10.0. The molecule has 29 heavy (non-hydrogen) atoms. The second kappa shape index (κ2) is 10.4. The molecule has 1 aliphatic rings. The lowest BCUT2D eigenvalue weighted by molar-refractivity contribution is -0.145. The van der Waals surface area contributed by atoms with Gasteiger partial charge in [0.15, 0.2) is 0 Å². The standard InChI is InChI=1S/C22H31N3O4/c1-17(26)16-21(27)29-15-7-3-2-6-12-24-13-10-18(11-14-24)25-20-9-5-4-8-19(20)23-22(25)28/h4-5,8-9,18H,2-3,6-7,10-16H2,1H3,(H,23,28). The number of para-hydroxylation sites is 2. The fourth-order valence-corrected chi connectivity index (χ4v) is 4.07. The van der Waals surface area contributed by atoms with Crippen LogP contribution < -0.4 is 5.69 Å². The number of H-pyrrole nitrogens is 1. The van der Waals surface area contributed by atoms with Crippen molar-refractivity contribution in [3.8, 4) is 0 Å². The van der Waals surface area contributed by atoms with E-state index in [-0.39, 0.29) is 23.9 Å². The number of carbonyl (C=O) groups is 2. The van der Waals surface area contributed by atoms with Crippen LogP contribution in [0.15, 0.2) is 29.1 Å². The number of nitrogens with one attached hydrogen (secondary N) is 1. The van der Waals surface area contributed by atoms with Crippen LogP contribution in [0.5, 0.6) is 0 Å². The number of esters is 1. The molecule has 0 amide bonds. The van der Waals surface area contributed by atoms with Crippen molar-refractivity contribution in [2.24, 2.45) is 0 Å². The summed E-state index contributed by atoms with van der Waals surface area (Å²) in [6.07, 6.45) is 5.96. The summed E-state index contributed by atoms with van der Waals surface area (Å²) >= 11 is 0. The van der Waals surface area contributed by atoms with Crippen molar-refractivity contribution in [3.05, 3.63) is 34.7 Å². The number of ether oxygens (including phenoxy) is 1. The first-order valence-electron chi connectivity index (χ1n) is 10.6. The van der Waals surface area contributed by atoms with Crippen LogP contribution in [-0.2, 0) is 14.3 Å². The molecule has 1 aromatic heterocycles. The molecule has 0 unspecified atom stereocenters. The summed E-state index contributed by atoms with van der Waals surface area (Å²) in [7, 11) is 0. The second-order valence-corrected chi connectivity index (χ2v) is 7.90. The molecule has 0 aliphatic carbocycles. The number of aromatic amines is 1. The molecular formula is C22H31N3O4. The number of fused-ring (bicyclic) bond motifs is 1. The van der Waals surface area contributed by atoms with Crippen molar-refractivity contribution in [1.29, 1.82) is 0 Å². The lowest BCUT2D eigenvalue weighted by Gasteiger charge is -2.32. The minimum atomic E-state index is -0.422. The maximum Gasteiger partial charge on any atom is 0.326 e. The molecule has 0 saturated carbocycles. The minimum Gasteiger partial charge on any atom is -0.465 e. The van der Waals surface area contributed by atoms with Gasteiger partial charge >= 0.3 is 11.7 Å². The molecule has 2 heterocycles. The molecule has 158 valence electrons. The molecule has 0 atom stereocenters. The highest BCUT2D eigenvalue weighted by Crippen LogP contribution is 2.25. The molecule has 1 saturated heterocycles. The number of imidazole rings is 1. The van der Waals surface area contributed by atoms with Gasteiger partial charge in [-0.15, -0.1) is 0 Å². The van der Waals surface area contributed by atoms with Gasteiger partial charge in [0.2, 0.25) is 0 Å². The maximum absolute atomic E-state index is 12.4. The number of benzene rings is 1. The molecule has 2 aromatic rings. The Morgan fingerprint density at radius 1 is 1.10 bits per heavy atom. The van der Waals surface area contributed by atoms with Crippen LogP contribution in [0.25, 0.3) is 11.0 Å². The Kier molecular flexibility index (Phi) is 7.63. The molecular weight excluding hydrogens is 370 g/mol. The fraction of sp³-hybridized carbons (Fsp3) is 0.591. The molecule has 0 radical (unpaired) electrons. The summed E-state index contributed by atoms with van der Waals surface area (Å²) in [5.41, 5.74) is 1.90. The largest absolute Gasteiger partial charge is 0.465 e. The predicted octanol–water partition coefficient (Wildman–Crippen LogP) is 3.05. The third kappa shape index (κ3) is 6.03. The van der Waals surface area contributed by atoms with Crippen LogP contribution in [0, 0.1) is 0 Å². The first-order valence-corrected chi connectivity index (χ1v) is 10.6. The fourth-order valence-electron chi connectivity index (χ4n) is 4.07. The third-order valence-corrected chi connectivity index (χ3v) is 5.57. The third-order valence-electron chi connectivity index (χ3n) is 5.57. The lowest BCUT2D eigenvalue weighted by Crippen LogP contribution is -2.37. The van der Waals surface area contributed by atoms with Crippen LogP contribution in [0.1, 0.15) is 57.9 Å². The molecule has 1 aromatic carbocycles. The van der Waals surface area contributed by atoms with Crippen LogP contribution in [0.2, 0.25) is 0 Å². The van der Waals surface area contributed by atoms with Crippen molar-refractivity contribution in [2.45, 2.75) is 57.9 Å². The SMILES string of the molecule is CC(=O)CC(=O)OCCCCCCN1CCC(n2c(=O)[nH]c3ccccc32)CC1. The Balaban J connectivity index is 1.31. The Morgan fingerprint density at radius 2 is 1.83 bits per heavy atom. The van der Waals surface area contributed by atoms with Gasteiger partial charge < -0.3 is 14.6 Å². The molecule has 7 nitrogen and oxygen atoms in total. The molecule has 1 N–H and O–H groups in total. The van der Waals surface area contributed by atoms with Gasteiger partial charge in [0.25, 0.3) is 0 Å². The monoisotopic (exact) mass is 401 g/mol. The smallest absolute Gasteiger partial charge is 0.326 e. The molecule has 1 aliphatic heterocycles. The number of hydrogen-bond acceptors (Lipinski definition) is 5. The number of hydrogen-bond donors (Lipinski definition) is 1. The van der Waals surface area contributed by atoms with Gasteiger partial charge in [-0.05, 0) is 51.3 Å². The first-order chi connectivity index (χ1) is 14.0. The topological polar surface area (TPSA) is 84.4 Å². The number of likely N-dealkylation sites (tertiary alicyclic amines) is 1. The number of unbranched alkanes of at least 4 members (excludes halogenated alkanes) is 3. The summed E-state index contributed by atoms with van der Waals surface area (Å²) < 4.78 is 6.97. The number of Topliss-reactive ketones (excluding diaryl/α,β-unsaturated/α-hetero) is 1. The Bertz CT molecular complexity index is 878. The number of ketones is 1. The summed E-state index contributed by atoms with van der Waals surface area (Å²) in [5, 5.41) is 0. The summed E-state index contributed by atoms with van der Waals surface area (Å²) in [5.74, 6) is -0.581. The Hall–Kier alpha value is -2.41. The van der Waals surface area contributed by atoms with Gasteiger partial charge in [0.05, 0.1) is 17.6 Å². The second-order valence-electron chi connectivity index (χ2n) is 7.90. The van der Waals surface area contributed by atoms with E-state index in [4.69, 9.17) is 4.74 Å². The zero-order valence-corrected chi connectivity index (χ0v) is 17.2.